The summed E-state index contributed by atoms with van der Waals surface area (Å²) in [6, 6.07) is 0. The van der Waals surface area contributed by atoms with Crippen LogP contribution >= 0.6 is 11.8 Å². The molecule has 1 aliphatic carbocycles. The maximum absolute atomic E-state index is 11.5. The number of carbonyl (C=O) groups is 1. The van der Waals surface area contributed by atoms with E-state index in [-0.39, 0.29) is 0 Å². The van der Waals surface area contributed by atoms with Crippen LogP contribution in [-0.2, 0) is 4.79 Å². The highest BCUT2D eigenvalue weighted by Crippen LogP contribution is 2.43. The second kappa shape index (κ2) is 6.53. The standard InChI is InChI=1S/C13H24O2S/c1-3-16-9-5-8-13(12(14)15)7-4-6-11(2)10-13/h11H,3-10H2,1-2H3,(H,14,15). The summed E-state index contributed by atoms with van der Waals surface area (Å²) >= 11 is 1.91. The summed E-state index contributed by atoms with van der Waals surface area (Å²) in [6.07, 6.45) is 6.01. The number of carboxylic acid groups (broad SMARTS) is 1. The zero-order valence-electron chi connectivity index (χ0n) is 10.5. The molecule has 94 valence electrons. The van der Waals surface area contributed by atoms with Gasteiger partial charge in [0.2, 0.25) is 0 Å². The minimum Gasteiger partial charge on any atom is -0.481 e. The fraction of sp³-hybridized carbons (Fsp3) is 0.923. The molecule has 3 heteroatoms. The lowest BCUT2D eigenvalue weighted by Gasteiger charge is -2.36. The molecule has 2 nitrogen and oxygen atoms in total. The molecule has 0 amide bonds. The lowest BCUT2D eigenvalue weighted by atomic mass is 9.68. The van der Waals surface area contributed by atoms with E-state index in [1.165, 1.54) is 6.42 Å². The molecule has 1 N–H and O–H groups in total. The summed E-state index contributed by atoms with van der Waals surface area (Å²) in [5, 5.41) is 9.46. The van der Waals surface area contributed by atoms with Gasteiger partial charge in [0, 0.05) is 0 Å². The largest absolute Gasteiger partial charge is 0.481 e. The van der Waals surface area contributed by atoms with Gasteiger partial charge in [-0.1, -0.05) is 26.7 Å². The second-order valence-corrected chi connectivity index (χ2v) is 6.48. The summed E-state index contributed by atoms with van der Waals surface area (Å²) in [5.74, 6) is 2.28. The van der Waals surface area contributed by atoms with E-state index >= 15 is 0 Å². The molecule has 1 aliphatic rings. The van der Waals surface area contributed by atoms with Crippen molar-refractivity contribution in [1.82, 2.24) is 0 Å². The first-order chi connectivity index (χ1) is 7.60. The van der Waals surface area contributed by atoms with Crippen LogP contribution in [-0.4, -0.2) is 22.6 Å². The van der Waals surface area contributed by atoms with Gasteiger partial charge in [-0.05, 0) is 43.1 Å². The average Bonchev–Trinajstić information content (AvgIpc) is 2.24. The van der Waals surface area contributed by atoms with Crippen molar-refractivity contribution in [2.75, 3.05) is 11.5 Å². The number of aliphatic carboxylic acids is 1. The van der Waals surface area contributed by atoms with Gasteiger partial charge in [0.05, 0.1) is 5.41 Å². The molecular weight excluding hydrogens is 220 g/mol. The molecule has 0 spiro atoms. The molecule has 1 rings (SSSR count). The van der Waals surface area contributed by atoms with Crippen molar-refractivity contribution < 1.29 is 9.90 Å². The van der Waals surface area contributed by atoms with Crippen LogP contribution in [0, 0.1) is 11.3 Å². The first kappa shape index (κ1) is 13.9. The van der Waals surface area contributed by atoms with Gasteiger partial charge in [0.15, 0.2) is 0 Å². The molecule has 1 fully saturated rings. The highest BCUT2D eigenvalue weighted by molar-refractivity contribution is 7.99. The van der Waals surface area contributed by atoms with E-state index in [2.05, 4.69) is 13.8 Å². The van der Waals surface area contributed by atoms with Gasteiger partial charge < -0.3 is 5.11 Å². The number of carboxylic acids is 1. The molecule has 16 heavy (non-hydrogen) atoms. The van der Waals surface area contributed by atoms with Crippen LogP contribution in [0.25, 0.3) is 0 Å². The van der Waals surface area contributed by atoms with E-state index < -0.39 is 11.4 Å². The van der Waals surface area contributed by atoms with Crippen LogP contribution in [0.4, 0.5) is 0 Å². The Labute approximate surface area is 103 Å². The summed E-state index contributed by atoms with van der Waals surface area (Å²) in [6.45, 7) is 4.35. The third-order valence-corrected chi connectivity index (χ3v) is 4.68. The number of thioether (sulfide) groups is 1. The first-order valence-corrected chi connectivity index (χ1v) is 7.57. The van der Waals surface area contributed by atoms with Crippen LogP contribution in [0.3, 0.4) is 0 Å². The maximum Gasteiger partial charge on any atom is 0.309 e. The van der Waals surface area contributed by atoms with Crippen molar-refractivity contribution in [1.29, 1.82) is 0 Å². The summed E-state index contributed by atoms with van der Waals surface area (Å²) in [5.41, 5.74) is -0.397. The van der Waals surface area contributed by atoms with Crippen molar-refractivity contribution in [2.24, 2.45) is 11.3 Å². The minimum absolute atomic E-state index is 0.397. The molecule has 0 bridgehead atoms. The normalized spacial score (nSPS) is 30.2. The Morgan fingerprint density at radius 2 is 2.31 bits per heavy atom. The third kappa shape index (κ3) is 3.69. The smallest absolute Gasteiger partial charge is 0.309 e. The molecule has 2 atom stereocenters. The monoisotopic (exact) mass is 244 g/mol. The van der Waals surface area contributed by atoms with E-state index in [4.69, 9.17) is 0 Å². The zero-order valence-corrected chi connectivity index (χ0v) is 11.3. The Balaban J connectivity index is 2.48. The molecule has 2 unspecified atom stereocenters. The highest BCUT2D eigenvalue weighted by Gasteiger charge is 2.40. The lowest BCUT2D eigenvalue weighted by molar-refractivity contribution is -0.152. The Bertz CT molecular complexity index is 230. The van der Waals surface area contributed by atoms with Crippen molar-refractivity contribution in [3.05, 3.63) is 0 Å². The summed E-state index contributed by atoms with van der Waals surface area (Å²) in [4.78, 5) is 11.5. The predicted molar refractivity (Wildman–Crippen MR) is 69.9 cm³/mol. The van der Waals surface area contributed by atoms with Gasteiger partial charge in [0.25, 0.3) is 0 Å². The SMILES string of the molecule is CCSCCCC1(C(=O)O)CCCC(C)C1. The van der Waals surface area contributed by atoms with Crippen LogP contribution in [0.15, 0.2) is 0 Å². The van der Waals surface area contributed by atoms with Crippen LogP contribution in [0.5, 0.6) is 0 Å². The topological polar surface area (TPSA) is 37.3 Å². The van der Waals surface area contributed by atoms with Gasteiger partial charge in [0.1, 0.15) is 0 Å². The maximum atomic E-state index is 11.5. The van der Waals surface area contributed by atoms with Crippen molar-refractivity contribution in [2.45, 2.75) is 52.4 Å². The second-order valence-electron chi connectivity index (χ2n) is 5.09. The molecule has 0 heterocycles. The van der Waals surface area contributed by atoms with E-state index in [1.807, 2.05) is 11.8 Å². The Hall–Kier alpha value is -0.180. The van der Waals surface area contributed by atoms with Gasteiger partial charge in [-0.2, -0.15) is 11.8 Å². The summed E-state index contributed by atoms with van der Waals surface area (Å²) < 4.78 is 0. The fourth-order valence-corrected chi connectivity index (χ4v) is 3.48. The molecular formula is C13H24O2S. The Kier molecular flexibility index (Phi) is 5.67. The third-order valence-electron chi connectivity index (χ3n) is 3.69. The van der Waals surface area contributed by atoms with Gasteiger partial charge in [-0.3, -0.25) is 4.79 Å². The quantitative estimate of drug-likeness (QED) is 0.722. The Morgan fingerprint density at radius 3 is 2.88 bits per heavy atom. The van der Waals surface area contributed by atoms with Gasteiger partial charge in [-0.15, -0.1) is 0 Å². The van der Waals surface area contributed by atoms with E-state index in [0.29, 0.717) is 5.92 Å². The fourth-order valence-electron chi connectivity index (χ4n) is 2.85. The van der Waals surface area contributed by atoms with E-state index in [1.54, 1.807) is 0 Å². The number of hydrogen-bond donors (Lipinski definition) is 1. The molecule has 0 aromatic heterocycles. The first-order valence-electron chi connectivity index (χ1n) is 6.42. The van der Waals surface area contributed by atoms with Crippen LogP contribution < -0.4 is 0 Å². The summed E-state index contributed by atoms with van der Waals surface area (Å²) in [7, 11) is 0. The average molecular weight is 244 g/mol. The number of rotatable bonds is 6. The van der Waals surface area contributed by atoms with E-state index in [0.717, 1.165) is 43.6 Å². The highest BCUT2D eigenvalue weighted by atomic mass is 32.2. The van der Waals surface area contributed by atoms with E-state index in [9.17, 15) is 9.90 Å². The van der Waals surface area contributed by atoms with Crippen molar-refractivity contribution >= 4 is 17.7 Å². The Morgan fingerprint density at radius 1 is 1.56 bits per heavy atom. The lowest BCUT2D eigenvalue weighted by Crippen LogP contribution is -2.36. The van der Waals surface area contributed by atoms with Crippen LogP contribution in [0.1, 0.15) is 52.4 Å². The molecule has 0 aliphatic heterocycles. The van der Waals surface area contributed by atoms with Crippen molar-refractivity contribution in [3.8, 4) is 0 Å². The zero-order chi connectivity index (χ0) is 12.0. The molecule has 1 saturated carbocycles. The van der Waals surface area contributed by atoms with Crippen LogP contribution in [0.2, 0.25) is 0 Å². The van der Waals surface area contributed by atoms with Crippen molar-refractivity contribution in [3.63, 3.8) is 0 Å². The van der Waals surface area contributed by atoms with Gasteiger partial charge >= 0.3 is 5.97 Å². The molecule has 0 aromatic rings. The number of hydrogen-bond acceptors (Lipinski definition) is 2. The minimum atomic E-state index is -0.555. The van der Waals surface area contributed by atoms with Gasteiger partial charge in [-0.25, -0.2) is 0 Å². The molecule has 0 saturated heterocycles. The molecule has 0 aromatic carbocycles. The molecule has 0 radical (unpaired) electrons. The predicted octanol–water partition coefficient (Wildman–Crippen LogP) is 3.80.